The van der Waals surface area contributed by atoms with Gasteiger partial charge in [-0.15, -0.1) is 0 Å². The van der Waals surface area contributed by atoms with E-state index < -0.39 is 64.4 Å². The predicted molar refractivity (Wildman–Crippen MR) is 192 cm³/mol. The second-order valence-corrected chi connectivity index (χ2v) is 18.1. The molecule has 5 aliphatic rings. The van der Waals surface area contributed by atoms with Crippen LogP contribution in [-0.4, -0.2) is 86.9 Å². The first-order valence-electron chi connectivity index (χ1n) is 19.3. The van der Waals surface area contributed by atoms with Crippen molar-refractivity contribution in [2.75, 3.05) is 6.54 Å². The van der Waals surface area contributed by atoms with Gasteiger partial charge in [0.1, 0.15) is 23.8 Å². The molecule has 4 N–H and O–H groups in total. The van der Waals surface area contributed by atoms with Gasteiger partial charge in [-0.05, 0) is 66.1 Å². The molecule has 1 aromatic rings. The molecule has 0 bridgehead atoms. The lowest BCUT2D eigenvalue weighted by molar-refractivity contribution is -0.147. The fraction of sp³-hybridized carbons (Fsp3) is 0.744. The summed E-state index contributed by atoms with van der Waals surface area (Å²) in [5, 5.41) is 11.7. The average molecular weight is 720 g/mol. The molecule has 0 aromatic carbocycles. The standard InChI is InChI=1S/C39H57N7O6/c1-37(2,3)31(45-35(51)30(39(6)15-8-7-9-16-39)44-32(48)26-20-40-17-18-41-26)36(52)46-21-24-27(38(24,4)5)28(46)33(49)43-25(19-22-11-10-12-22)29(47)34(50)42-23-13-14-23/h17-18,20,22-25,27-28,30-31H,7-16,19,21H2,1-6H3,(H,42,50)(H,43,49)(H,44,48)(H,45,51)/t24-,25?,27-,28-,30+,31+/m0/s1. The van der Waals surface area contributed by atoms with E-state index in [-0.39, 0.29) is 40.8 Å². The van der Waals surface area contributed by atoms with Crippen molar-refractivity contribution >= 4 is 35.3 Å². The summed E-state index contributed by atoms with van der Waals surface area (Å²) in [5.41, 5.74) is -1.41. The zero-order chi connectivity index (χ0) is 37.6. The average Bonchev–Trinajstić information content (AvgIpc) is 3.93. The smallest absolute Gasteiger partial charge is 0.289 e. The molecule has 6 atom stereocenters. The van der Waals surface area contributed by atoms with Crippen LogP contribution in [0.5, 0.6) is 0 Å². The lowest BCUT2D eigenvalue weighted by Gasteiger charge is -2.42. The second kappa shape index (κ2) is 14.5. The molecule has 4 aliphatic carbocycles. The molecule has 5 fully saturated rings. The van der Waals surface area contributed by atoms with Crippen molar-refractivity contribution in [2.45, 2.75) is 142 Å². The van der Waals surface area contributed by atoms with E-state index in [0.717, 1.165) is 64.2 Å². The Balaban J connectivity index is 1.23. The maximum atomic E-state index is 14.7. The third-order valence-corrected chi connectivity index (χ3v) is 12.7. The number of carbonyl (C=O) groups excluding carboxylic acids is 6. The van der Waals surface area contributed by atoms with Crippen LogP contribution in [-0.2, 0) is 24.0 Å². The van der Waals surface area contributed by atoms with Crippen molar-refractivity contribution in [3.05, 3.63) is 24.3 Å². The summed E-state index contributed by atoms with van der Waals surface area (Å²) in [4.78, 5) is 92.8. The molecule has 1 aliphatic heterocycles. The molecule has 52 heavy (non-hydrogen) atoms. The number of aromatic nitrogens is 2. The summed E-state index contributed by atoms with van der Waals surface area (Å²) in [5.74, 6) is -2.92. The Morgan fingerprint density at radius 2 is 1.60 bits per heavy atom. The molecule has 6 rings (SSSR count). The maximum absolute atomic E-state index is 14.7. The zero-order valence-electron chi connectivity index (χ0n) is 31.6. The molecule has 5 amide bonds. The van der Waals surface area contributed by atoms with Crippen molar-refractivity contribution in [3.63, 3.8) is 0 Å². The number of ketones is 1. The Hall–Kier alpha value is -3.90. The lowest BCUT2D eigenvalue weighted by atomic mass is 9.70. The number of fused-ring (bicyclic) bond motifs is 1. The normalized spacial score (nSPS) is 26.4. The quantitative estimate of drug-likeness (QED) is 0.225. The molecule has 0 radical (unpaired) electrons. The minimum atomic E-state index is -1.02. The molecule has 13 nitrogen and oxygen atoms in total. The Morgan fingerprint density at radius 1 is 0.904 bits per heavy atom. The maximum Gasteiger partial charge on any atom is 0.289 e. The molecular weight excluding hydrogens is 662 g/mol. The van der Waals surface area contributed by atoms with E-state index in [2.05, 4.69) is 45.1 Å². The van der Waals surface area contributed by atoms with E-state index in [1.807, 2.05) is 27.7 Å². The monoisotopic (exact) mass is 719 g/mol. The first-order valence-corrected chi connectivity index (χ1v) is 19.3. The largest absolute Gasteiger partial charge is 0.347 e. The fourth-order valence-corrected chi connectivity index (χ4v) is 8.87. The molecule has 13 heteroatoms. The number of hydrogen-bond acceptors (Lipinski definition) is 8. The number of piperidine rings is 1. The van der Waals surface area contributed by atoms with E-state index in [0.29, 0.717) is 13.0 Å². The summed E-state index contributed by atoms with van der Waals surface area (Å²) >= 11 is 0. The Bertz CT molecular complexity index is 1560. The van der Waals surface area contributed by atoms with Crippen LogP contribution in [0, 0.1) is 34.0 Å². The van der Waals surface area contributed by atoms with Crippen LogP contribution in [0.3, 0.4) is 0 Å². The lowest BCUT2D eigenvalue weighted by Crippen LogP contribution is -2.64. The molecule has 284 valence electrons. The number of Topliss-reactive ketones (excluding diaryl/α,β-unsaturated/α-hetero) is 1. The number of carbonyl (C=O) groups is 6. The number of likely N-dealkylation sites (tertiary alicyclic amines) is 1. The van der Waals surface area contributed by atoms with Crippen molar-refractivity contribution in [3.8, 4) is 0 Å². The summed E-state index contributed by atoms with van der Waals surface area (Å²) in [6.07, 6.45) is 13.6. The highest BCUT2D eigenvalue weighted by Crippen LogP contribution is 2.65. The Labute approximate surface area is 307 Å². The van der Waals surface area contributed by atoms with E-state index in [9.17, 15) is 28.8 Å². The van der Waals surface area contributed by atoms with Gasteiger partial charge in [0.25, 0.3) is 11.8 Å². The van der Waals surface area contributed by atoms with Crippen molar-refractivity contribution in [1.82, 2.24) is 36.1 Å². The number of rotatable bonds is 13. The fourth-order valence-electron chi connectivity index (χ4n) is 8.87. The number of nitrogens with one attached hydrogen (secondary N) is 4. The highest BCUT2D eigenvalue weighted by molar-refractivity contribution is 6.38. The molecule has 1 aromatic heterocycles. The van der Waals surface area contributed by atoms with Gasteiger partial charge < -0.3 is 26.2 Å². The van der Waals surface area contributed by atoms with Crippen molar-refractivity contribution in [1.29, 1.82) is 0 Å². The second-order valence-electron chi connectivity index (χ2n) is 18.1. The van der Waals surface area contributed by atoms with Gasteiger partial charge in [0.05, 0.1) is 12.2 Å². The van der Waals surface area contributed by atoms with Crippen LogP contribution in [0.4, 0.5) is 0 Å². The highest BCUT2D eigenvalue weighted by Gasteiger charge is 2.70. The van der Waals surface area contributed by atoms with E-state index in [1.165, 1.54) is 18.6 Å². The van der Waals surface area contributed by atoms with Gasteiger partial charge in [-0.3, -0.25) is 33.8 Å². The van der Waals surface area contributed by atoms with Gasteiger partial charge in [-0.2, -0.15) is 0 Å². The molecule has 4 saturated carbocycles. The van der Waals surface area contributed by atoms with Crippen molar-refractivity contribution < 1.29 is 28.8 Å². The van der Waals surface area contributed by atoms with Crippen LogP contribution < -0.4 is 21.3 Å². The van der Waals surface area contributed by atoms with Crippen LogP contribution in [0.15, 0.2) is 18.6 Å². The number of amides is 5. The van der Waals surface area contributed by atoms with Gasteiger partial charge >= 0.3 is 0 Å². The van der Waals surface area contributed by atoms with E-state index in [4.69, 9.17) is 0 Å². The molecule has 0 spiro atoms. The number of hydrogen-bond donors (Lipinski definition) is 4. The number of nitrogens with zero attached hydrogens (tertiary/aromatic N) is 3. The first-order chi connectivity index (χ1) is 24.5. The molecule has 1 saturated heterocycles. The summed E-state index contributed by atoms with van der Waals surface area (Å²) in [6.45, 7) is 12.1. The Kier molecular flexibility index (Phi) is 10.5. The third kappa shape index (κ3) is 7.88. The SMILES string of the molecule is CC(C)(C)[C@H](NC(=O)[C@@H](NC(=O)c1cnccn1)C1(C)CCCCC1)C(=O)N1C[C@H]2[C@@H]([C@H]1C(=O)NC(CC1CCC1)C(=O)C(=O)NC1CC1)C2(C)C. The minimum Gasteiger partial charge on any atom is -0.347 e. The molecule has 1 unspecified atom stereocenters. The van der Waals surface area contributed by atoms with E-state index >= 15 is 0 Å². The predicted octanol–water partition coefficient (Wildman–Crippen LogP) is 3.08. The van der Waals surface area contributed by atoms with Crippen LogP contribution in [0.2, 0.25) is 0 Å². The van der Waals surface area contributed by atoms with Gasteiger partial charge in [0.15, 0.2) is 0 Å². The summed E-state index contributed by atoms with van der Waals surface area (Å²) in [6, 6.07) is -3.78. The van der Waals surface area contributed by atoms with Crippen molar-refractivity contribution in [2.24, 2.45) is 34.0 Å². The summed E-state index contributed by atoms with van der Waals surface area (Å²) < 4.78 is 0. The highest BCUT2D eigenvalue weighted by atomic mass is 16.2. The van der Waals surface area contributed by atoms with Crippen LogP contribution >= 0.6 is 0 Å². The van der Waals surface area contributed by atoms with Crippen LogP contribution in [0.1, 0.15) is 123 Å². The van der Waals surface area contributed by atoms with E-state index in [1.54, 1.807) is 4.90 Å². The zero-order valence-corrected chi connectivity index (χ0v) is 31.6. The van der Waals surface area contributed by atoms with Crippen LogP contribution in [0.25, 0.3) is 0 Å². The first kappa shape index (κ1) is 37.8. The van der Waals surface area contributed by atoms with Gasteiger partial charge in [0.2, 0.25) is 23.5 Å². The van der Waals surface area contributed by atoms with Gasteiger partial charge in [-0.25, -0.2) is 4.98 Å². The molecular formula is C39H57N7O6. The third-order valence-electron chi connectivity index (χ3n) is 12.7. The van der Waals surface area contributed by atoms with Gasteiger partial charge in [-0.1, -0.05) is 80.1 Å². The molecule has 2 heterocycles. The minimum absolute atomic E-state index is 0.0117. The Morgan fingerprint density at radius 3 is 2.17 bits per heavy atom. The topological polar surface area (TPSA) is 180 Å². The van der Waals surface area contributed by atoms with Gasteiger partial charge in [0, 0.05) is 25.0 Å². The summed E-state index contributed by atoms with van der Waals surface area (Å²) in [7, 11) is 0.